The van der Waals surface area contributed by atoms with Crippen LogP contribution in [0.15, 0.2) is 18.2 Å². The Balaban J connectivity index is 1.83. The monoisotopic (exact) mass is 445 g/mol. The van der Waals surface area contributed by atoms with Gasteiger partial charge < -0.3 is 24.3 Å². The van der Waals surface area contributed by atoms with E-state index in [0.717, 1.165) is 36.1 Å². The van der Waals surface area contributed by atoms with Crippen LogP contribution in [0.5, 0.6) is 17.2 Å². The second-order valence-corrected chi connectivity index (χ2v) is 8.02. The maximum absolute atomic E-state index is 12.6. The number of carbonyl (C=O) groups excluding carboxylic acids is 2. The molecular formula is C23H27NO6S. The number of nitrogens with one attached hydrogen (secondary N) is 1. The zero-order valence-electron chi connectivity index (χ0n) is 18.2. The molecule has 2 aromatic rings. The van der Waals surface area contributed by atoms with Gasteiger partial charge in [-0.05, 0) is 61.9 Å². The molecule has 166 valence electrons. The third kappa shape index (κ3) is 5.02. The number of aryl methyl sites for hydroxylation is 1. The van der Waals surface area contributed by atoms with Crippen molar-refractivity contribution in [3.8, 4) is 17.2 Å². The second-order valence-electron chi connectivity index (χ2n) is 6.92. The fourth-order valence-corrected chi connectivity index (χ4v) is 4.88. The van der Waals surface area contributed by atoms with Crippen molar-refractivity contribution in [1.29, 1.82) is 0 Å². The highest BCUT2D eigenvalue weighted by molar-refractivity contribution is 7.17. The Labute approximate surface area is 186 Å². The summed E-state index contributed by atoms with van der Waals surface area (Å²) in [6.07, 6.45) is 6.93. The summed E-state index contributed by atoms with van der Waals surface area (Å²) in [7, 11) is 4.60. The molecule has 1 aliphatic rings. The first-order valence-electron chi connectivity index (χ1n) is 10.1. The van der Waals surface area contributed by atoms with Gasteiger partial charge in [-0.1, -0.05) is 0 Å². The first kappa shape index (κ1) is 22.7. The van der Waals surface area contributed by atoms with E-state index < -0.39 is 0 Å². The first-order valence-corrected chi connectivity index (χ1v) is 10.9. The molecule has 1 heterocycles. The number of rotatable bonds is 8. The summed E-state index contributed by atoms with van der Waals surface area (Å²) >= 11 is 1.46. The van der Waals surface area contributed by atoms with E-state index >= 15 is 0 Å². The third-order valence-corrected chi connectivity index (χ3v) is 6.21. The molecule has 0 unspecified atom stereocenters. The Morgan fingerprint density at radius 1 is 1.06 bits per heavy atom. The average molecular weight is 446 g/mol. The summed E-state index contributed by atoms with van der Waals surface area (Å²) in [5, 5.41) is 3.41. The van der Waals surface area contributed by atoms with Gasteiger partial charge in [0, 0.05) is 11.0 Å². The minimum atomic E-state index is -0.384. The largest absolute Gasteiger partial charge is 0.493 e. The number of thiophene rings is 1. The topological polar surface area (TPSA) is 83.1 Å². The zero-order valence-corrected chi connectivity index (χ0v) is 19.0. The van der Waals surface area contributed by atoms with Gasteiger partial charge in [-0.15, -0.1) is 11.3 Å². The van der Waals surface area contributed by atoms with Crippen molar-refractivity contribution in [2.75, 3.05) is 33.3 Å². The molecule has 1 N–H and O–H groups in total. The number of methoxy groups -OCH3 is 3. The van der Waals surface area contributed by atoms with Crippen LogP contribution < -0.4 is 19.5 Å². The van der Waals surface area contributed by atoms with E-state index in [9.17, 15) is 9.59 Å². The summed E-state index contributed by atoms with van der Waals surface area (Å²) in [5.41, 5.74) is 2.22. The minimum absolute atomic E-state index is 0.290. The molecular weight excluding hydrogens is 418 g/mol. The first-order chi connectivity index (χ1) is 15.0. The van der Waals surface area contributed by atoms with Gasteiger partial charge in [0.05, 0.1) is 33.5 Å². The van der Waals surface area contributed by atoms with Crippen molar-refractivity contribution in [3.63, 3.8) is 0 Å². The molecule has 1 amide bonds. The Morgan fingerprint density at radius 3 is 2.35 bits per heavy atom. The van der Waals surface area contributed by atoms with Crippen molar-refractivity contribution >= 4 is 34.3 Å². The molecule has 0 saturated heterocycles. The lowest BCUT2D eigenvalue weighted by atomic mass is 9.95. The molecule has 7 nitrogen and oxygen atoms in total. The molecule has 31 heavy (non-hydrogen) atoms. The summed E-state index contributed by atoms with van der Waals surface area (Å²) < 4.78 is 21.2. The van der Waals surface area contributed by atoms with Crippen LogP contribution in [-0.2, 0) is 22.4 Å². The SMILES string of the molecule is CCOC(=O)c1c(NC(=O)C=Cc2cc(OC)c(OC)c(OC)c2)sc2c1CCCC2. The quantitative estimate of drug-likeness (QED) is 0.476. The third-order valence-electron chi connectivity index (χ3n) is 5.00. The highest BCUT2D eigenvalue weighted by Crippen LogP contribution is 2.39. The normalized spacial score (nSPS) is 12.9. The number of hydrogen-bond donors (Lipinski definition) is 1. The molecule has 1 aliphatic carbocycles. The van der Waals surface area contributed by atoms with Crippen LogP contribution in [-0.4, -0.2) is 39.8 Å². The summed E-state index contributed by atoms with van der Waals surface area (Å²) in [5.74, 6) is 0.758. The van der Waals surface area contributed by atoms with Gasteiger partial charge in [0.15, 0.2) is 11.5 Å². The molecule has 0 saturated carbocycles. The average Bonchev–Trinajstić information content (AvgIpc) is 3.14. The van der Waals surface area contributed by atoms with Crippen LogP contribution in [0.3, 0.4) is 0 Å². The smallest absolute Gasteiger partial charge is 0.341 e. The lowest BCUT2D eigenvalue weighted by Gasteiger charge is -2.13. The summed E-state index contributed by atoms with van der Waals surface area (Å²) in [6, 6.07) is 3.50. The minimum Gasteiger partial charge on any atom is -0.493 e. The Bertz CT molecular complexity index is 969. The molecule has 8 heteroatoms. The van der Waals surface area contributed by atoms with Gasteiger partial charge in [-0.3, -0.25) is 4.79 Å². The second kappa shape index (κ2) is 10.3. The van der Waals surface area contributed by atoms with Gasteiger partial charge in [-0.2, -0.15) is 0 Å². The number of amides is 1. The maximum atomic E-state index is 12.6. The molecule has 0 atom stereocenters. The van der Waals surface area contributed by atoms with Crippen molar-refractivity contribution in [1.82, 2.24) is 0 Å². The lowest BCUT2D eigenvalue weighted by Crippen LogP contribution is -2.14. The molecule has 0 spiro atoms. The molecule has 0 aliphatic heterocycles. The van der Waals surface area contributed by atoms with E-state index in [-0.39, 0.29) is 18.5 Å². The molecule has 0 bridgehead atoms. The lowest BCUT2D eigenvalue weighted by molar-refractivity contribution is -0.111. The highest BCUT2D eigenvalue weighted by atomic mass is 32.1. The fourth-order valence-electron chi connectivity index (χ4n) is 3.60. The van der Waals surface area contributed by atoms with E-state index in [1.807, 2.05) is 0 Å². The Hall–Kier alpha value is -3.00. The fraction of sp³-hybridized carbons (Fsp3) is 0.391. The predicted molar refractivity (Wildman–Crippen MR) is 121 cm³/mol. The van der Waals surface area contributed by atoms with Gasteiger partial charge in [0.1, 0.15) is 5.00 Å². The van der Waals surface area contributed by atoms with E-state index in [0.29, 0.717) is 33.4 Å². The predicted octanol–water partition coefficient (Wildman–Crippen LogP) is 4.48. The van der Waals surface area contributed by atoms with E-state index in [4.69, 9.17) is 18.9 Å². The number of benzene rings is 1. The van der Waals surface area contributed by atoms with E-state index in [2.05, 4.69) is 5.32 Å². The highest BCUT2D eigenvalue weighted by Gasteiger charge is 2.27. The van der Waals surface area contributed by atoms with Crippen molar-refractivity contribution in [3.05, 3.63) is 39.8 Å². The number of ether oxygens (including phenoxy) is 4. The molecule has 1 aromatic heterocycles. The maximum Gasteiger partial charge on any atom is 0.341 e. The van der Waals surface area contributed by atoms with Crippen molar-refractivity contribution in [2.45, 2.75) is 32.6 Å². The van der Waals surface area contributed by atoms with E-state index in [1.165, 1.54) is 38.7 Å². The van der Waals surface area contributed by atoms with Gasteiger partial charge >= 0.3 is 5.97 Å². The Morgan fingerprint density at radius 2 is 1.74 bits per heavy atom. The molecule has 0 radical (unpaired) electrons. The van der Waals surface area contributed by atoms with Gasteiger partial charge in [0.2, 0.25) is 11.7 Å². The van der Waals surface area contributed by atoms with Gasteiger partial charge in [-0.25, -0.2) is 4.79 Å². The van der Waals surface area contributed by atoms with E-state index in [1.54, 1.807) is 25.1 Å². The molecule has 3 rings (SSSR count). The number of fused-ring (bicyclic) bond motifs is 1. The number of carbonyl (C=O) groups is 2. The van der Waals surface area contributed by atoms with Crippen LogP contribution in [0.1, 0.15) is 46.1 Å². The van der Waals surface area contributed by atoms with Crippen LogP contribution in [0.2, 0.25) is 0 Å². The summed E-state index contributed by atoms with van der Waals surface area (Å²) in [6.45, 7) is 2.06. The van der Waals surface area contributed by atoms with Crippen LogP contribution in [0, 0.1) is 0 Å². The summed E-state index contributed by atoms with van der Waals surface area (Å²) in [4.78, 5) is 26.3. The van der Waals surface area contributed by atoms with Gasteiger partial charge in [0.25, 0.3) is 0 Å². The van der Waals surface area contributed by atoms with Crippen molar-refractivity contribution in [2.24, 2.45) is 0 Å². The number of anilines is 1. The van der Waals surface area contributed by atoms with Crippen LogP contribution in [0.4, 0.5) is 5.00 Å². The van der Waals surface area contributed by atoms with Crippen LogP contribution >= 0.6 is 11.3 Å². The van der Waals surface area contributed by atoms with Crippen LogP contribution in [0.25, 0.3) is 6.08 Å². The number of esters is 1. The molecule has 0 fully saturated rings. The molecule has 1 aromatic carbocycles. The zero-order chi connectivity index (χ0) is 22.4. The van der Waals surface area contributed by atoms with Crippen molar-refractivity contribution < 1.29 is 28.5 Å². The number of hydrogen-bond acceptors (Lipinski definition) is 7. The standard InChI is InChI=1S/C23H27NO6S/c1-5-30-23(26)20-15-8-6-7-9-18(15)31-22(20)24-19(25)11-10-14-12-16(27-2)21(29-4)17(13-14)28-3/h10-13H,5-9H2,1-4H3,(H,24,25). The Kier molecular flexibility index (Phi) is 7.57.